The third-order valence-corrected chi connectivity index (χ3v) is 6.78. The molecule has 0 aromatic carbocycles. The first-order chi connectivity index (χ1) is 15.2. The number of amides is 3. The van der Waals surface area contributed by atoms with Crippen molar-refractivity contribution in [1.82, 2.24) is 10.6 Å². The average Bonchev–Trinajstić information content (AvgIpc) is 3.01. The number of primary amides is 1. The van der Waals surface area contributed by atoms with Crippen LogP contribution < -0.4 is 16.4 Å². The van der Waals surface area contributed by atoms with E-state index in [-0.39, 0.29) is 24.4 Å². The second-order valence-corrected chi connectivity index (χ2v) is 11.2. The highest BCUT2D eigenvalue weighted by molar-refractivity contribution is 6.48. The van der Waals surface area contributed by atoms with Gasteiger partial charge in [-0.3, -0.25) is 9.59 Å². The fourth-order valence-electron chi connectivity index (χ4n) is 5.13. The van der Waals surface area contributed by atoms with Crippen molar-refractivity contribution in [2.24, 2.45) is 23.5 Å². The number of carbonyl (C=O) groups is 3. The first-order valence-corrected chi connectivity index (χ1v) is 11.8. The lowest BCUT2D eigenvalue weighted by molar-refractivity contribution is -0.127. The topological polar surface area (TPSA) is 129 Å². The van der Waals surface area contributed by atoms with Crippen LogP contribution in [0.15, 0.2) is 12.2 Å². The molecule has 4 aliphatic rings. The zero-order valence-corrected chi connectivity index (χ0v) is 20.6. The van der Waals surface area contributed by atoms with Gasteiger partial charge in [-0.15, -0.1) is 0 Å². The molecule has 2 bridgehead atoms. The lowest BCUT2D eigenvalue weighted by Crippen LogP contribution is -2.58. The summed E-state index contributed by atoms with van der Waals surface area (Å²) in [5, 5.41) is 5.40. The van der Waals surface area contributed by atoms with Crippen LogP contribution in [0, 0.1) is 17.8 Å². The number of rotatable bonds is 8. The molecule has 0 aromatic heterocycles. The summed E-state index contributed by atoms with van der Waals surface area (Å²) in [4.78, 5) is 36.9. The van der Waals surface area contributed by atoms with Crippen LogP contribution in [0.25, 0.3) is 0 Å². The Morgan fingerprint density at radius 3 is 2.48 bits per heavy atom. The molecule has 1 aliphatic heterocycles. The van der Waals surface area contributed by atoms with Gasteiger partial charge in [0.05, 0.1) is 24.1 Å². The van der Waals surface area contributed by atoms with Gasteiger partial charge in [0.25, 0.3) is 0 Å². The number of hydrogen-bond donors (Lipinski definition) is 3. The van der Waals surface area contributed by atoms with E-state index in [1.165, 1.54) is 5.57 Å². The molecule has 1 heterocycles. The molecule has 10 heteroatoms. The van der Waals surface area contributed by atoms with Crippen molar-refractivity contribution in [2.45, 2.75) is 96.5 Å². The van der Waals surface area contributed by atoms with Crippen molar-refractivity contribution in [2.75, 3.05) is 0 Å². The van der Waals surface area contributed by atoms with Crippen LogP contribution in [-0.4, -0.2) is 54.3 Å². The molecule has 3 amide bonds. The van der Waals surface area contributed by atoms with Crippen LogP contribution in [0.1, 0.15) is 67.2 Å². The predicted molar refractivity (Wildman–Crippen MR) is 124 cm³/mol. The Bertz CT molecular complexity index is 813. The minimum Gasteiger partial charge on any atom is -0.444 e. The van der Waals surface area contributed by atoms with Crippen molar-refractivity contribution in [1.29, 1.82) is 0 Å². The molecule has 3 saturated carbocycles. The third-order valence-electron chi connectivity index (χ3n) is 6.78. The molecule has 9 nitrogen and oxygen atoms in total. The van der Waals surface area contributed by atoms with E-state index in [0.29, 0.717) is 12.3 Å². The highest BCUT2D eigenvalue weighted by Crippen LogP contribution is 2.58. The van der Waals surface area contributed by atoms with Crippen molar-refractivity contribution in [3.8, 4) is 0 Å². The molecule has 33 heavy (non-hydrogen) atoms. The van der Waals surface area contributed by atoms with E-state index in [9.17, 15) is 14.4 Å². The summed E-state index contributed by atoms with van der Waals surface area (Å²) in [7, 11) is -0.630. The van der Waals surface area contributed by atoms with Gasteiger partial charge in [-0.25, -0.2) is 4.79 Å². The minimum atomic E-state index is -1.17. The largest absolute Gasteiger partial charge is 0.481 e. The molecule has 184 valence electrons. The molecular formula is C23H38BN3O6. The molecule has 0 unspecified atom stereocenters. The number of alkyl carbamates (subject to hydrolysis) is 1. The van der Waals surface area contributed by atoms with Crippen molar-refractivity contribution < 1.29 is 28.4 Å². The minimum absolute atomic E-state index is 0.0513. The van der Waals surface area contributed by atoms with E-state index in [0.717, 1.165) is 12.8 Å². The van der Waals surface area contributed by atoms with Gasteiger partial charge < -0.3 is 30.4 Å². The number of nitrogens with two attached hydrogens (primary N) is 1. The summed E-state index contributed by atoms with van der Waals surface area (Å²) in [6.45, 7) is 15.5. The molecular weight excluding hydrogens is 425 g/mol. The van der Waals surface area contributed by atoms with E-state index in [1.54, 1.807) is 20.8 Å². The van der Waals surface area contributed by atoms with Crippen LogP contribution in [-0.2, 0) is 23.6 Å². The molecule has 4 N–H and O–H groups in total. The molecule has 6 atom stereocenters. The summed E-state index contributed by atoms with van der Waals surface area (Å²) in [6.07, 6.45) is 1.33. The van der Waals surface area contributed by atoms with E-state index >= 15 is 0 Å². The second-order valence-electron chi connectivity index (χ2n) is 11.2. The smallest absolute Gasteiger partial charge is 0.444 e. The summed E-state index contributed by atoms with van der Waals surface area (Å²) in [5.74, 6) is -0.719. The van der Waals surface area contributed by atoms with E-state index in [2.05, 4.69) is 24.1 Å². The molecule has 0 spiro atoms. The molecule has 4 rings (SSSR count). The van der Waals surface area contributed by atoms with E-state index < -0.39 is 48.2 Å². The van der Waals surface area contributed by atoms with Crippen LogP contribution in [0.4, 0.5) is 4.79 Å². The van der Waals surface area contributed by atoms with Crippen LogP contribution >= 0.6 is 0 Å². The maximum Gasteiger partial charge on any atom is 0.481 e. The predicted octanol–water partition coefficient (Wildman–Crippen LogP) is 2.08. The Morgan fingerprint density at radius 2 is 1.94 bits per heavy atom. The summed E-state index contributed by atoms with van der Waals surface area (Å²) in [5.41, 5.74) is 5.35. The first-order valence-electron chi connectivity index (χ1n) is 11.8. The van der Waals surface area contributed by atoms with Gasteiger partial charge in [-0.1, -0.05) is 26.0 Å². The van der Waals surface area contributed by atoms with Crippen molar-refractivity contribution >= 4 is 25.0 Å². The van der Waals surface area contributed by atoms with Gasteiger partial charge in [-0.2, -0.15) is 0 Å². The lowest BCUT2D eigenvalue weighted by Gasteiger charge is -2.55. The molecule has 0 radical (unpaired) electrons. The quantitative estimate of drug-likeness (QED) is 0.374. The van der Waals surface area contributed by atoms with Gasteiger partial charge in [0.15, 0.2) is 0 Å². The molecule has 0 aromatic rings. The van der Waals surface area contributed by atoms with E-state index in [1.807, 2.05) is 13.8 Å². The van der Waals surface area contributed by atoms with Crippen LogP contribution in [0.5, 0.6) is 0 Å². The second kappa shape index (κ2) is 9.29. The first kappa shape index (κ1) is 25.6. The highest BCUT2D eigenvalue weighted by atomic mass is 16.7. The van der Waals surface area contributed by atoms with Crippen molar-refractivity contribution in [3.63, 3.8) is 0 Å². The zero-order chi connectivity index (χ0) is 24.7. The van der Waals surface area contributed by atoms with Crippen LogP contribution in [0.2, 0.25) is 0 Å². The number of hydrogen-bond acceptors (Lipinski definition) is 6. The van der Waals surface area contributed by atoms with Crippen molar-refractivity contribution in [3.05, 3.63) is 12.2 Å². The third kappa shape index (κ3) is 5.71. The van der Waals surface area contributed by atoms with Gasteiger partial charge >= 0.3 is 13.2 Å². The maximum atomic E-state index is 13.1. The van der Waals surface area contributed by atoms with Gasteiger partial charge in [0.2, 0.25) is 11.8 Å². The normalized spacial score (nSPS) is 30.2. The molecule has 1 saturated heterocycles. The Morgan fingerprint density at radius 1 is 1.27 bits per heavy atom. The Labute approximate surface area is 196 Å². The summed E-state index contributed by atoms with van der Waals surface area (Å²) >= 11 is 0. The standard InChI is InChI=1S/C23H38BN3O6/c1-12(2)8-18(24-32-17-10-14-9-15(13(14)3)23(17,7)33-24)27-20(29)16(11-19(25)28)26-21(30)31-22(4,5)6/h12,14-18H,3,8-11H2,1-2,4-7H3,(H2,25,28)(H,26,30)(H,27,29)/t14-,15-,16-,17+,18-,23-/m0/s1. The van der Waals surface area contributed by atoms with E-state index in [4.69, 9.17) is 19.8 Å². The van der Waals surface area contributed by atoms with Crippen LogP contribution in [0.3, 0.4) is 0 Å². The Hall–Kier alpha value is -2.07. The fourth-order valence-corrected chi connectivity index (χ4v) is 5.13. The Kier molecular flexibility index (Phi) is 7.20. The Balaban J connectivity index is 1.71. The van der Waals surface area contributed by atoms with Gasteiger partial charge in [-0.05, 0) is 58.8 Å². The zero-order valence-electron chi connectivity index (χ0n) is 20.6. The lowest BCUT2D eigenvalue weighted by atomic mass is 9.54. The monoisotopic (exact) mass is 463 g/mol. The number of ether oxygens (including phenoxy) is 1. The molecule has 3 aliphatic carbocycles. The summed E-state index contributed by atoms with van der Waals surface area (Å²) < 4.78 is 18.0. The van der Waals surface area contributed by atoms with Gasteiger partial charge in [0.1, 0.15) is 11.6 Å². The number of carbonyl (C=O) groups excluding carboxylic acids is 3. The highest BCUT2D eigenvalue weighted by Gasteiger charge is 2.63. The number of nitrogens with one attached hydrogen (secondary N) is 2. The molecule has 4 fully saturated rings. The maximum absolute atomic E-state index is 13.1. The SMILES string of the molecule is C=C1[C@@H]2C[C@H]3OB([C@H](CC(C)C)NC(=O)[C@H](CC(N)=O)NC(=O)OC(C)(C)C)O[C@@]3(C)[C@H]1C2. The average molecular weight is 463 g/mol. The van der Waals surface area contributed by atoms with Gasteiger partial charge in [0, 0.05) is 5.92 Å². The fraction of sp³-hybridized carbons (Fsp3) is 0.783. The summed E-state index contributed by atoms with van der Waals surface area (Å²) in [6, 6.07) is -1.17.